The van der Waals surface area contributed by atoms with Crippen LogP contribution in [0, 0.1) is 5.92 Å². The first kappa shape index (κ1) is 16.5. The maximum Gasteiger partial charge on any atom is 0.250 e. The van der Waals surface area contributed by atoms with Crippen molar-refractivity contribution in [2.24, 2.45) is 11.7 Å². The van der Waals surface area contributed by atoms with Crippen LogP contribution in [0.4, 0.5) is 0 Å². The second-order valence-corrected chi connectivity index (χ2v) is 7.87. The van der Waals surface area contributed by atoms with Crippen LogP contribution in [-0.2, 0) is 0 Å². The number of aromatic nitrogens is 2. The number of nitrogens with two attached hydrogens (primary N) is 1. The predicted octanol–water partition coefficient (Wildman–Crippen LogP) is 3.88. The molecule has 1 aromatic heterocycles. The third-order valence-electron chi connectivity index (χ3n) is 5.90. The highest BCUT2D eigenvalue weighted by molar-refractivity contribution is 6.04. The Balaban J connectivity index is 1.42. The zero-order valence-corrected chi connectivity index (χ0v) is 15.3. The van der Waals surface area contributed by atoms with Gasteiger partial charge < -0.3 is 10.7 Å². The van der Waals surface area contributed by atoms with E-state index >= 15 is 0 Å². The van der Waals surface area contributed by atoms with Crippen LogP contribution < -0.4 is 5.73 Å². The summed E-state index contributed by atoms with van der Waals surface area (Å²) in [6, 6.07) is 14.7. The third kappa shape index (κ3) is 3.12. The molecule has 0 bridgehead atoms. The van der Waals surface area contributed by atoms with E-state index in [-0.39, 0.29) is 0 Å². The van der Waals surface area contributed by atoms with Gasteiger partial charge in [0, 0.05) is 18.2 Å². The second-order valence-electron chi connectivity index (χ2n) is 7.87. The Labute approximate surface area is 158 Å². The van der Waals surface area contributed by atoms with Gasteiger partial charge in [0.2, 0.25) is 0 Å². The third-order valence-corrected chi connectivity index (χ3v) is 5.90. The molecule has 1 saturated carbocycles. The number of likely N-dealkylation sites (tertiary alicyclic amines) is 1. The van der Waals surface area contributed by atoms with Crippen molar-refractivity contribution in [2.45, 2.75) is 31.7 Å². The van der Waals surface area contributed by atoms with E-state index in [0.29, 0.717) is 17.1 Å². The van der Waals surface area contributed by atoms with Crippen molar-refractivity contribution in [3.05, 3.63) is 53.6 Å². The highest BCUT2D eigenvalue weighted by atomic mass is 16.1. The molecule has 5 rings (SSSR count). The number of benzene rings is 2. The van der Waals surface area contributed by atoms with Gasteiger partial charge in [0.25, 0.3) is 5.91 Å². The monoisotopic (exact) mass is 360 g/mol. The highest BCUT2D eigenvalue weighted by Gasteiger charge is 2.31. The van der Waals surface area contributed by atoms with Gasteiger partial charge in [0.1, 0.15) is 11.3 Å². The molecule has 2 aliphatic rings. The average Bonchev–Trinajstić information content (AvgIpc) is 3.19. The highest BCUT2D eigenvalue weighted by Crippen LogP contribution is 2.38. The summed E-state index contributed by atoms with van der Waals surface area (Å²) < 4.78 is 0. The van der Waals surface area contributed by atoms with Crippen molar-refractivity contribution in [1.82, 2.24) is 14.9 Å². The van der Waals surface area contributed by atoms with Gasteiger partial charge in [-0.05, 0) is 55.8 Å². The zero-order chi connectivity index (χ0) is 18.4. The Morgan fingerprint density at radius 2 is 1.96 bits per heavy atom. The lowest BCUT2D eigenvalue weighted by atomic mass is 10.0. The normalized spacial score (nSPS) is 20.4. The predicted molar refractivity (Wildman–Crippen MR) is 106 cm³/mol. The van der Waals surface area contributed by atoms with E-state index < -0.39 is 5.91 Å². The number of hydrogen-bond acceptors (Lipinski definition) is 3. The average molecular weight is 360 g/mol. The topological polar surface area (TPSA) is 75.0 Å². The van der Waals surface area contributed by atoms with Gasteiger partial charge in [-0.1, -0.05) is 30.3 Å². The number of nitrogens with zero attached hydrogens (tertiary/aromatic N) is 2. The number of aromatic amines is 1. The fourth-order valence-corrected chi connectivity index (χ4v) is 4.29. The molecule has 2 fully saturated rings. The fraction of sp³-hybridized carbons (Fsp3) is 0.364. The van der Waals surface area contributed by atoms with E-state index in [1.807, 2.05) is 12.1 Å². The zero-order valence-electron chi connectivity index (χ0n) is 15.3. The van der Waals surface area contributed by atoms with Crippen LogP contribution in [-0.4, -0.2) is 33.9 Å². The number of primary amides is 1. The molecule has 1 saturated heterocycles. The summed E-state index contributed by atoms with van der Waals surface area (Å²) in [4.78, 5) is 22.2. The largest absolute Gasteiger partial charge is 0.366 e. The van der Waals surface area contributed by atoms with E-state index in [1.165, 1.54) is 44.3 Å². The molecular weight excluding hydrogens is 336 g/mol. The van der Waals surface area contributed by atoms with Crippen molar-refractivity contribution < 1.29 is 4.79 Å². The maximum atomic E-state index is 11.6. The summed E-state index contributed by atoms with van der Waals surface area (Å²) in [6.45, 7) is 2.48. The molecule has 2 heterocycles. The van der Waals surface area contributed by atoms with Crippen LogP contribution in [0.15, 0.2) is 42.5 Å². The number of rotatable bonds is 5. The van der Waals surface area contributed by atoms with Crippen molar-refractivity contribution in [1.29, 1.82) is 0 Å². The van der Waals surface area contributed by atoms with Gasteiger partial charge in [-0.2, -0.15) is 0 Å². The molecule has 138 valence electrons. The Hall–Kier alpha value is -2.66. The Kier molecular flexibility index (Phi) is 3.97. The summed E-state index contributed by atoms with van der Waals surface area (Å²) in [5, 5.41) is 0. The number of H-pyrrole nitrogens is 1. The van der Waals surface area contributed by atoms with E-state index in [9.17, 15) is 4.79 Å². The number of fused-ring (bicyclic) bond motifs is 1. The van der Waals surface area contributed by atoms with Crippen molar-refractivity contribution in [3.63, 3.8) is 0 Å². The summed E-state index contributed by atoms with van der Waals surface area (Å²) in [5.41, 5.74) is 9.81. The summed E-state index contributed by atoms with van der Waals surface area (Å²) >= 11 is 0. The van der Waals surface area contributed by atoms with E-state index in [2.05, 4.69) is 39.1 Å². The number of nitrogens with one attached hydrogen (secondary N) is 1. The molecule has 1 atom stereocenters. The molecule has 0 radical (unpaired) electrons. The van der Waals surface area contributed by atoms with Crippen LogP contribution in [0.5, 0.6) is 0 Å². The second kappa shape index (κ2) is 6.50. The first-order valence-corrected chi connectivity index (χ1v) is 9.82. The molecule has 27 heavy (non-hydrogen) atoms. The van der Waals surface area contributed by atoms with Crippen LogP contribution in [0.3, 0.4) is 0 Å². The molecular formula is C22H24N4O. The summed E-state index contributed by atoms with van der Waals surface area (Å²) in [7, 11) is 0. The quantitative estimate of drug-likeness (QED) is 0.725. The first-order valence-electron chi connectivity index (χ1n) is 9.82. The lowest BCUT2D eigenvalue weighted by Crippen LogP contribution is -2.25. The van der Waals surface area contributed by atoms with Crippen molar-refractivity contribution in [3.8, 4) is 11.4 Å². The Morgan fingerprint density at radius 1 is 1.15 bits per heavy atom. The molecule has 2 aromatic carbocycles. The molecule has 1 aliphatic heterocycles. The van der Waals surface area contributed by atoms with Gasteiger partial charge in [-0.15, -0.1) is 0 Å². The molecule has 3 aromatic rings. The number of imidazole rings is 1. The van der Waals surface area contributed by atoms with Gasteiger partial charge in [0.15, 0.2) is 0 Å². The molecule has 5 heteroatoms. The molecule has 1 amide bonds. The Morgan fingerprint density at radius 3 is 2.70 bits per heavy atom. The van der Waals surface area contributed by atoms with E-state index in [1.54, 1.807) is 6.07 Å². The number of amides is 1. The fourth-order valence-electron chi connectivity index (χ4n) is 4.29. The van der Waals surface area contributed by atoms with Gasteiger partial charge in [-0.3, -0.25) is 9.69 Å². The number of para-hydroxylation sites is 1. The molecule has 5 nitrogen and oxygen atoms in total. The van der Waals surface area contributed by atoms with E-state index in [4.69, 9.17) is 5.73 Å². The summed E-state index contributed by atoms with van der Waals surface area (Å²) in [6.07, 6.45) is 5.35. The van der Waals surface area contributed by atoms with Crippen LogP contribution in [0.2, 0.25) is 0 Å². The lowest BCUT2D eigenvalue weighted by molar-refractivity contribution is 0.100. The smallest absolute Gasteiger partial charge is 0.250 e. The van der Waals surface area contributed by atoms with E-state index in [0.717, 1.165) is 22.8 Å². The minimum Gasteiger partial charge on any atom is -0.366 e. The maximum absolute atomic E-state index is 11.6. The standard InChI is InChI=1S/C22H24N4O/c23-21(27)17-3-1-4-18-20(17)25-22(24-18)16-10-8-15(9-11-16)19-5-2-12-26(19)13-14-6-7-14/h1,3-4,8-11,14,19H,2,5-7,12-13H2,(H2,23,27)(H,24,25). The summed E-state index contributed by atoms with van der Waals surface area (Å²) in [5.74, 6) is 1.25. The first-order chi connectivity index (χ1) is 13.2. The number of hydrogen-bond donors (Lipinski definition) is 2. The SMILES string of the molecule is NC(=O)c1cccc2[nH]c(-c3ccc(C4CCCN4CC4CC4)cc3)nc12. The van der Waals surface area contributed by atoms with Crippen LogP contribution in [0.25, 0.3) is 22.4 Å². The molecule has 0 spiro atoms. The lowest BCUT2D eigenvalue weighted by Gasteiger charge is -2.24. The minimum absolute atomic E-state index is 0.452. The van der Waals surface area contributed by atoms with Crippen molar-refractivity contribution >= 4 is 16.9 Å². The van der Waals surface area contributed by atoms with Crippen LogP contribution in [0.1, 0.15) is 47.6 Å². The Bertz CT molecular complexity index is 987. The van der Waals surface area contributed by atoms with Gasteiger partial charge in [0.05, 0.1) is 11.1 Å². The molecule has 3 N–H and O–H groups in total. The molecule has 1 aliphatic carbocycles. The molecule has 1 unspecified atom stereocenters. The van der Waals surface area contributed by atoms with Crippen LogP contribution >= 0.6 is 0 Å². The van der Waals surface area contributed by atoms with Crippen molar-refractivity contribution in [2.75, 3.05) is 13.1 Å². The minimum atomic E-state index is -0.453. The number of carbonyl (C=O) groups excluding carboxylic acids is 1. The number of carbonyl (C=O) groups is 1. The van der Waals surface area contributed by atoms with Gasteiger partial charge in [-0.25, -0.2) is 4.98 Å². The van der Waals surface area contributed by atoms with Gasteiger partial charge >= 0.3 is 0 Å².